The third-order valence-corrected chi connectivity index (χ3v) is 5.24. The number of primary amides is 1. The number of para-hydroxylation sites is 1. The van der Waals surface area contributed by atoms with Crippen molar-refractivity contribution in [2.24, 2.45) is 5.73 Å². The Hall–Kier alpha value is -2.34. The van der Waals surface area contributed by atoms with Gasteiger partial charge < -0.3 is 15.8 Å². The minimum Gasteiger partial charge on any atom is -0.493 e. The van der Waals surface area contributed by atoms with Gasteiger partial charge >= 0.3 is 0 Å². The number of carbonyl (C=O) groups is 2. The van der Waals surface area contributed by atoms with Gasteiger partial charge in [-0.3, -0.25) is 9.59 Å². The molecule has 1 heterocycles. The normalized spacial score (nSPS) is 10.6. The molecule has 140 valence electrons. The lowest BCUT2D eigenvalue weighted by Gasteiger charge is -2.11. The van der Waals surface area contributed by atoms with E-state index in [0.717, 1.165) is 29.7 Å². The van der Waals surface area contributed by atoms with Crippen molar-refractivity contribution in [3.8, 4) is 5.75 Å². The Bertz CT molecular complexity index is 783. The molecule has 0 unspecified atom stereocenters. The van der Waals surface area contributed by atoms with Crippen molar-refractivity contribution in [1.29, 1.82) is 0 Å². The molecule has 0 bridgehead atoms. The van der Waals surface area contributed by atoms with Crippen molar-refractivity contribution < 1.29 is 14.3 Å². The van der Waals surface area contributed by atoms with Crippen molar-refractivity contribution in [3.63, 3.8) is 0 Å². The van der Waals surface area contributed by atoms with Crippen molar-refractivity contribution in [3.05, 3.63) is 45.8 Å². The van der Waals surface area contributed by atoms with Crippen LogP contribution in [-0.2, 0) is 6.42 Å². The van der Waals surface area contributed by atoms with E-state index < -0.39 is 5.91 Å². The highest BCUT2D eigenvalue weighted by atomic mass is 32.1. The monoisotopic (exact) mass is 374 g/mol. The van der Waals surface area contributed by atoms with Gasteiger partial charge in [0.05, 0.1) is 17.7 Å². The lowest BCUT2D eigenvalue weighted by atomic mass is 10.1. The summed E-state index contributed by atoms with van der Waals surface area (Å²) in [6.07, 6.45) is 3.83. The van der Waals surface area contributed by atoms with Crippen LogP contribution in [0.2, 0.25) is 0 Å². The Morgan fingerprint density at radius 2 is 1.92 bits per heavy atom. The standard InChI is InChI=1S/C20H26N2O3S/c1-4-6-9-12-25-16-11-8-7-10-15(16)19(24)22-20-17(18(21)23)14(5-2)13(3)26-20/h7-8,10-11H,4-6,9,12H2,1-3H3,(H2,21,23)(H,22,24). The zero-order valence-electron chi connectivity index (χ0n) is 15.6. The van der Waals surface area contributed by atoms with Gasteiger partial charge in [-0.1, -0.05) is 38.8 Å². The van der Waals surface area contributed by atoms with Gasteiger partial charge in [-0.25, -0.2) is 0 Å². The van der Waals surface area contributed by atoms with Crippen LogP contribution in [0, 0.1) is 6.92 Å². The molecule has 2 amide bonds. The van der Waals surface area contributed by atoms with Crippen LogP contribution >= 0.6 is 11.3 Å². The first-order chi connectivity index (χ1) is 12.5. The van der Waals surface area contributed by atoms with Crippen molar-refractivity contribution >= 4 is 28.2 Å². The predicted molar refractivity (Wildman–Crippen MR) is 106 cm³/mol. The summed E-state index contributed by atoms with van der Waals surface area (Å²) in [5.74, 6) is -0.279. The van der Waals surface area contributed by atoms with Crippen molar-refractivity contribution in [2.75, 3.05) is 11.9 Å². The molecule has 26 heavy (non-hydrogen) atoms. The van der Waals surface area contributed by atoms with Gasteiger partial charge in [0.15, 0.2) is 0 Å². The first-order valence-corrected chi connectivity index (χ1v) is 9.76. The largest absolute Gasteiger partial charge is 0.493 e. The molecule has 3 N–H and O–H groups in total. The highest BCUT2D eigenvalue weighted by Crippen LogP contribution is 2.34. The molecule has 0 aliphatic rings. The summed E-state index contributed by atoms with van der Waals surface area (Å²) in [7, 11) is 0. The number of nitrogens with two attached hydrogens (primary N) is 1. The Morgan fingerprint density at radius 1 is 1.19 bits per heavy atom. The van der Waals surface area contributed by atoms with Crippen LogP contribution in [0.4, 0.5) is 5.00 Å². The zero-order valence-corrected chi connectivity index (χ0v) is 16.4. The van der Waals surface area contributed by atoms with Crippen molar-refractivity contribution in [1.82, 2.24) is 0 Å². The van der Waals surface area contributed by atoms with Gasteiger partial charge in [-0.05, 0) is 37.5 Å². The molecule has 0 saturated heterocycles. The second kappa shape index (κ2) is 9.38. The van der Waals surface area contributed by atoms with Gasteiger partial charge in [0.2, 0.25) is 0 Å². The summed E-state index contributed by atoms with van der Waals surface area (Å²) in [4.78, 5) is 25.6. The molecule has 5 nitrogen and oxygen atoms in total. The number of carbonyl (C=O) groups excluding carboxylic acids is 2. The molecule has 1 aromatic carbocycles. The van der Waals surface area contributed by atoms with E-state index in [1.54, 1.807) is 18.2 Å². The van der Waals surface area contributed by atoms with E-state index in [0.29, 0.717) is 34.9 Å². The van der Waals surface area contributed by atoms with E-state index in [1.807, 2.05) is 19.9 Å². The Morgan fingerprint density at radius 3 is 2.58 bits per heavy atom. The molecule has 0 saturated carbocycles. The quantitative estimate of drug-likeness (QED) is 0.632. The number of ether oxygens (including phenoxy) is 1. The molecular weight excluding hydrogens is 348 g/mol. The molecule has 0 fully saturated rings. The van der Waals surface area contributed by atoms with E-state index >= 15 is 0 Å². The second-order valence-corrected chi connectivity index (χ2v) is 7.29. The van der Waals surface area contributed by atoms with Crippen molar-refractivity contribution in [2.45, 2.75) is 46.5 Å². The first kappa shape index (κ1) is 20.0. The topological polar surface area (TPSA) is 81.4 Å². The fourth-order valence-corrected chi connectivity index (χ4v) is 3.98. The number of amides is 2. The molecule has 0 atom stereocenters. The maximum Gasteiger partial charge on any atom is 0.260 e. The lowest BCUT2D eigenvalue weighted by molar-refractivity contribution is 0.100. The van der Waals surface area contributed by atoms with E-state index in [4.69, 9.17) is 10.5 Å². The summed E-state index contributed by atoms with van der Waals surface area (Å²) in [5, 5.41) is 3.34. The molecule has 0 spiro atoms. The van der Waals surface area contributed by atoms with Gasteiger partial charge in [0, 0.05) is 4.88 Å². The smallest absolute Gasteiger partial charge is 0.260 e. The van der Waals surface area contributed by atoms with Crippen LogP contribution in [-0.4, -0.2) is 18.4 Å². The molecule has 0 radical (unpaired) electrons. The summed E-state index contributed by atoms with van der Waals surface area (Å²) >= 11 is 1.37. The number of rotatable bonds is 9. The second-order valence-electron chi connectivity index (χ2n) is 6.06. The summed E-state index contributed by atoms with van der Waals surface area (Å²) in [6, 6.07) is 7.13. The maximum atomic E-state index is 12.8. The molecule has 1 aromatic heterocycles. The molecule has 2 aromatic rings. The number of hydrogen-bond acceptors (Lipinski definition) is 4. The molecule has 6 heteroatoms. The maximum absolute atomic E-state index is 12.8. The Kier molecular flexibility index (Phi) is 7.21. The number of anilines is 1. The van der Waals surface area contributed by atoms with Crippen LogP contribution in [0.5, 0.6) is 5.75 Å². The zero-order chi connectivity index (χ0) is 19.1. The SMILES string of the molecule is CCCCCOc1ccccc1C(=O)Nc1sc(C)c(CC)c1C(N)=O. The average Bonchev–Trinajstić information content (AvgIpc) is 2.94. The van der Waals surface area contributed by atoms with Crippen LogP contribution in [0.15, 0.2) is 24.3 Å². The Balaban J connectivity index is 2.22. The van der Waals surface area contributed by atoms with E-state index in [2.05, 4.69) is 12.2 Å². The summed E-state index contributed by atoms with van der Waals surface area (Å²) < 4.78 is 5.78. The molecule has 2 rings (SSSR count). The number of unbranched alkanes of at least 4 members (excludes halogenated alkanes) is 2. The fourth-order valence-electron chi connectivity index (χ4n) is 2.84. The minimum absolute atomic E-state index is 0.303. The first-order valence-electron chi connectivity index (χ1n) is 8.94. The molecule has 0 aliphatic heterocycles. The van der Waals surface area contributed by atoms with E-state index in [1.165, 1.54) is 11.3 Å². The van der Waals surface area contributed by atoms with Gasteiger partial charge in [0.1, 0.15) is 10.8 Å². The minimum atomic E-state index is -0.523. The van der Waals surface area contributed by atoms with Gasteiger partial charge in [-0.2, -0.15) is 0 Å². The summed E-state index contributed by atoms with van der Waals surface area (Å²) in [5.41, 5.74) is 7.28. The predicted octanol–water partition coefficient (Wildman–Crippen LogP) is 4.54. The van der Waals surface area contributed by atoms with E-state index in [-0.39, 0.29) is 5.91 Å². The van der Waals surface area contributed by atoms with Crippen LogP contribution in [0.1, 0.15) is 64.3 Å². The van der Waals surface area contributed by atoms with Gasteiger partial charge in [-0.15, -0.1) is 11.3 Å². The lowest BCUT2D eigenvalue weighted by Crippen LogP contribution is -2.18. The number of aryl methyl sites for hydroxylation is 1. The van der Waals surface area contributed by atoms with E-state index in [9.17, 15) is 9.59 Å². The fraction of sp³-hybridized carbons (Fsp3) is 0.400. The van der Waals surface area contributed by atoms with Crippen LogP contribution in [0.25, 0.3) is 0 Å². The molecule has 0 aliphatic carbocycles. The molecular formula is C20H26N2O3S. The number of nitrogens with one attached hydrogen (secondary N) is 1. The highest BCUT2D eigenvalue weighted by Gasteiger charge is 2.22. The third-order valence-electron chi connectivity index (χ3n) is 4.17. The third kappa shape index (κ3) is 4.64. The highest BCUT2D eigenvalue weighted by molar-refractivity contribution is 7.16. The number of thiophene rings is 1. The van der Waals surface area contributed by atoms with Crippen LogP contribution < -0.4 is 15.8 Å². The van der Waals surface area contributed by atoms with Crippen LogP contribution in [0.3, 0.4) is 0 Å². The number of hydrogen-bond donors (Lipinski definition) is 2. The Labute approximate surface area is 158 Å². The average molecular weight is 375 g/mol. The van der Waals surface area contributed by atoms with Gasteiger partial charge in [0.25, 0.3) is 11.8 Å². The summed E-state index contributed by atoms with van der Waals surface area (Å²) in [6.45, 7) is 6.59. The number of benzene rings is 1.